The molecule has 0 saturated heterocycles. The van der Waals surface area contributed by atoms with E-state index in [0.717, 1.165) is 11.1 Å². The molecule has 0 saturated carbocycles. The maximum absolute atomic E-state index is 12.5. The van der Waals surface area contributed by atoms with Crippen LogP contribution in [0.15, 0.2) is 36.8 Å². The van der Waals surface area contributed by atoms with E-state index in [9.17, 15) is 4.39 Å². The molecule has 2 rings (SSSR count). The van der Waals surface area contributed by atoms with Gasteiger partial charge in [-0.05, 0) is 18.2 Å². The molecule has 0 aromatic carbocycles. The molecular weight excluding hydrogens is 181 g/mol. The Morgan fingerprint density at radius 2 is 1.93 bits per heavy atom. The smallest absolute Gasteiger partial charge is 0.212 e. The Bertz CT molecular complexity index is 439. The Labute approximate surface area is 80.4 Å². The third-order valence-corrected chi connectivity index (χ3v) is 1.82. The summed E-state index contributed by atoms with van der Waals surface area (Å²) in [5.74, 6) is -0.495. The number of anilines is 1. The lowest BCUT2D eigenvalue weighted by Gasteiger charge is -2.00. The number of hydrogen-bond acceptors (Lipinski definition) is 3. The number of pyridine rings is 2. The Morgan fingerprint density at radius 3 is 2.57 bits per heavy atom. The first-order chi connectivity index (χ1) is 6.75. The Morgan fingerprint density at radius 1 is 1.07 bits per heavy atom. The second-order valence-corrected chi connectivity index (χ2v) is 2.88. The van der Waals surface area contributed by atoms with Crippen LogP contribution >= 0.6 is 0 Å². The Balaban J connectivity index is 2.44. The molecule has 3 nitrogen and oxygen atoms in total. The topological polar surface area (TPSA) is 51.8 Å². The van der Waals surface area contributed by atoms with Crippen LogP contribution < -0.4 is 5.73 Å². The number of nitrogen functional groups attached to an aromatic ring is 1. The average molecular weight is 189 g/mol. The first kappa shape index (κ1) is 8.62. The lowest BCUT2D eigenvalue weighted by molar-refractivity contribution is 0.584. The van der Waals surface area contributed by atoms with Crippen molar-refractivity contribution in [2.75, 3.05) is 5.73 Å². The minimum atomic E-state index is -0.495. The fraction of sp³-hybridized carbons (Fsp3) is 0. The van der Waals surface area contributed by atoms with Crippen LogP contribution in [-0.2, 0) is 0 Å². The maximum atomic E-state index is 12.5. The molecule has 0 aliphatic heterocycles. The second-order valence-electron chi connectivity index (χ2n) is 2.88. The van der Waals surface area contributed by atoms with E-state index in [1.165, 1.54) is 12.3 Å². The number of nitrogens with two attached hydrogens (primary N) is 1. The Kier molecular flexibility index (Phi) is 2.10. The molecule has 2 aromatic heterocycles. The molecular formula is C10H8FN3. The number of rotatable bonds is 1. The van der Waals surface area contributed by atoms with Crippen molar-refractivity contribution in [1.29, 1.82) is 0 Å². The zero-order chi connectivity index (χ0) is 9.97. The fourth-order valence-electron chi connectivity index (χ4n) is 1.16. The molecule has 0 unspecified atom stereocenters. The molecule has 0 amide bonds. The van der Waals surface area contributed by atoms with Gasteiger partial charge in [0.25, 0.3) is 0 Å². The van der Waals surface area contributed by atoms with Crippen molar-refractivity contribution in [3.05, 3.63) is 42.7 Å². The van der Waals surface area contributed by atoms with Crippen LogP contribution in [0.1, 0.15) is 0 Å². The summed E-state index contributed by atoms with van der Waals surface area (Å²) in [6.07, 6.45) is 4.66. The molecule has 14 heavy (non-hydrogen) atoms. The largest absolute Gasteiger partial charge is 0.397 e. The van der Waals surface area contributed by atoms with Gasteiger partial charge in [0, 0.05) is 29.7 Å². The molecule has 0 bridgehead atoms. The normalized spacial score (nSPS) is 10.1. The van der Waals surface area contributed by atoms with Gasteiger partial charge in [-0.2, -0.15) is 4.39 Å². The standard InChI is InChI=1S/C10H8FN3/c11-10-2-1-7(5-14-10)8-3-9(12)6-13-4-8/h1-6H,12H2. The van der Waals surface area contributed by atoms with Gasteiger partial charge in [-0.25, -0.2) is 4.98 Å². The van der Waals surface area contributed by atoms with Gasteiger partial charge in [-0.15, -0.1) is 0 Å². The van der Waals surface area contributed by atoms with E-state index in [2.05, 4.69) is 9.97 Å². The first-order valence-corrected chi connectivity index (χ1v) is 4.08. The number of nitrogens with zero attached hydrogens (tertiary/aromatic N) is 2. The molecule has 0 fully saturated rings. The van der Waals surface area contributed by atoms with E-state index in [4.69, 9.17) is 5.73 Å². The van der Waals surface area contributed by atoms with E-state index in [0.29, 0.717) is 5.69 Å². The van der Waals surface area contributed by atoms with E-state index >= 15 is 0 Å². The van der Waals surface area contributed by atoms with Crippen LogP contribution in [0.3, 0.4) is 0 Å². The third-order valence-electron chi connectivity index (χ3n) is 1.82. The molecule has 0 spiro atoms. The van der Waals surface area contributed by atoms with Gasteiger partial charge in [0.1, 0.15) is 0 Å². The summed E-state index contributed by atoms with van der Waals surface area (Å²) in [5, 5.41) is 0. The van der Waals surface area contributed by atoms with Gasteiger partial charge < -0.3 is 5.73 Å². The van der Waals surface area contributed by atoms with Crippen molar-refractivity contribution in [3.63, 3.8) is 0 Å². The number of aromatic nitrogens is 2. The van der Waals surface area contributed by atoms with Crippen molar-refractivity contribution >= 4 is 5.69 Å². The highest BCUT2D eigenvalue weighted by Crippen LogP contribution is 2.18. The van der Waals surface area contributed by atoms with Gasteiger partial charge in [-0.1, -0.05) is 0 Å². The molecule has 2 N–H and O–H groups in total. The van der Waals surface area contributed by atoms with Crippen molar-refractivity contribution in [1.82, 2.24) is 9.97 Å². The summed E-state index contributed by atoms with van der Waals surface area (Å²) < 4.78 is 12.5. The zero-order valence-electron chi connectivity index (χ0n) is 7.31. The molecule has 0 radical (unpaired) electrons. The van der Waals surface area contributed by atoms with Gasteiger partial charge in [0.05, 0.1) is 5.69 Å². The summed E-state index contributed by atoms with van der Waals surface area (Å²) in [4.78, 5) is 7.49. The highest BCUT2D eigenvalue weighted by molar-refractivity contribution is 5.64. The molecule has 0 aliphatic carbocycles. The SMILES string of the molecule is Nc1cncc(-c2ccc(F)nc2)c1. The lowest BCUT2D eigenvalue weighted by Crippen LogP contribution is -1.88. The number of hydrogen-bond donors (Lipinski definition) is 1. The van der Waals surface area contributed by atoms with Crippen molar-refractivity contribution < 1.29 is 4.39 Å². The van der Waals surface area contributed by atoms with E-state index in [1.807, 2.05) is 0 Å². The fourth-order valence-corrected chi connectivity index (χ4v) is 1.16. The summed E-state index contributed by atoms with van der Waals surface area (Å²) >= 11 is 0. The minimum absolute atomic E-state index is 0.495. The molecule has 0 aliphatic rings. The summed E-state index contributed by atoms with van der Waals surface area (Å²) in [7, 11) is 0. The Hall–Kier alpha value is -1.97. The lowest BCUT2D eigenvalue weighted by atomic mass is 10.1. The highest BCUT2D eigenvalue weighted by Gasteiger charge is 1.99. The zero-order valence-corrected chi connectivity index (χ0v) is 7.31. The van der Waals surface area contributed by atoms with Crippen molar-refractivity contribution in [2.45, 2.75) is 0 Å². The van der Waals surface area contributed by atoms with Crippen LogP contribution in [0.5, 0.6) is 0 Å². The molecule has 0 atom stereocenters. The van der Waals surface area contributed by atoms with Gasteiger partial charge >= 0.3 is 0 Å². The average Bonchev–Trinajstić information content (AvgIpc) is 2.19. The minimum Gasteiger partial charge on any atom is -0.397 e. The van der Waals surface area contributed by atoms with Crippen molar-refractivity contribution in [3.8, 4) is 11.1 Å². The monoisotopic (exact) mass is 189 g/mol. The van der Waals surface area contributed by atoms with Crippen LogP contribution in [0.25, 0.3) is 11.1 Å². The second kappa shape index (κ2) is 3.41. The summed E-state index contributed by atoms with van der Waals surface area (Å²) in [5.41, 5.74) is 7.77. The van der Waals surface area contributed by atoms with Crippen LogP contribution in [-0.4, -0.2) is 9.97 Å². The third kappa shape index (κ3) is 1.69. The summed E-state index contributed by atoms with van der Waals surface area (Å²) in [6.45, 7) is 0. The molecule has 2 aromatic rings. The van der Waals surface area contributed by atoms with Crippen LogP contribution in [0, 0.1) is 5.95 Å². The highest BCUT2D eigenvalue weighted by atomic mass is 19.1. The van der Waals surface area contributed by atoms with Crippen LogP contribution in [0.4, 0.5) is 10.1 Å². The quantitative estimate of drug-likeness (QED) is 0.696. The van der Waals surface area contributed by atoms with E-state index < -0.39 is 5.95 Å². The van der Waals surface area contributed by atoms with Crippen LogP contribution in [0.2, 0.25) is 0 Å². The number of halogens is 1. The molecule has 70 valence electrons. The van der Waals surface area contributed by atoms with E-state index in [1.54, 1.807) is 24.5 Å². The summed E-state index contributed by atoms with van der Waals surface area (Å²) in [6, 6.07) is 4.71. The molecule has 2 heterocycles. The predicted molar refractivity (Wildman–Crippen MR) is 51.8 cm³/mol. The molecule has 4 heteroatoms. The van der Waals surface area contributed by atoms with Crippen molar-refractivity contribution in [2.24, 2.45) is 0 Å². The van der Waals surface area contributed by atoms with Gasteiger partial charge in [-0.3, -0.25) is 4.98 Å². The van der Waals surface area contributed by atoms with Gasteiger partial charge in [0.2, 0.25) is 5.95 Å². The first-order valence-electron chi connectivity index (χ1n) is 4.08. The predicted octanol–water partition coefficient (Wildman–Crippen LogP) is 1.86. The van der Waals surface area contributed by atoms with E-state index in [-0.39, 0.29) is 0 Å². The maximum Gasteiger partial charge on any atom is 0.212 e. The van der Waals surface area contributed by atoms with Gasteiger partial charge in [0.15, 0.2) is 0 Å².